The molecule has 0 saturated heterocycles. The van der Waals surface area contributed by atoms with Crippen LogP contribution in [-0.2, 0) is 0 Å². The van der Waals surface area contributed by atoms with E-state index in [0.717, 1.165) is 18.4 Å². The van der Waals surface area contributed by atoms with E-state index in [0.29, 0.717) is 0 Å². The Hall–Kier alpha value is -0.820. The molecule has 0 bridgehead atoms. The highest BCUT2D eigenvalue weighted by atomic mass is 14.8. The standard InChI is InChI=1S/C13H19N/c1-14-10-9-13(12-7-8-12)11-5-3-2-4-6-11/h2-6,12-14H,7-10H2,1H3. The van der Waals surface area contributed by atoms with Gasteiger partial charge in [0.25, 0.3) is 0 Å². The van der Waals surface area contributed by atoms with Gasteiger partial charge in [-0.25, -0.2) is 0 Å². The molecule has 1 N–H and O–H groups in total. The molecule has 0 amide bonds. The number of nitrogens with one attached hydrogen (secondary N) is 1. The Morgan fingerprint density at radius 2 is 2.00 bits per heavy atom. The Labute approximate surface area is 86.5 Å². The van der Waals surface area contributed by atoms with Crippen molar-refractivity contribution in [2.75, 3.05) is 13.6 Å². The van der Waals surface area contributed by atoms with Gasteiger partial charge in [0.15, 0.2) is 0 Å². The van der Waals surface area contributed by atoms with E-state index in [-0.39, 0.29) is 0 Å². The predicted octanol–water partition coefficient (Wildman–Crippen LogP) is 2.79. The molecular weight excluding hydrogens is 170 g/mol. The second-order valence-electron chi connectivity index (χ2n) is 4.25. The Morgan fingerprint density at radius 3 is 2.57 bits per heavy atom. The minimum atomic E-state index is 0.795. The summed E-state index contributed by atoms with van der Waals surface area (Å²) in [6, 6.07) is 11.0. The van der Waals surface area contributed by atoms with Gasteiger partial charge in [-0.3, -0.25) is 0 Å². The molecule has 1 aromatic rings. The van der Waals surface area contributed by atoms with Gasteiger partial charge < -0.3 is 5.32 Å². The van der Waals surface area contributed by atoms with E-state index in [1.165, 1.54) is 24.8 Å². The van der Waals surface area contributed by atoms with Gasteiger partial charge in [-0.1, -0.05) is 30.3 Å². The highest BCUT2D eigenvalue weighted by Gasteiger charge is 2.31. The molecule has 0 radical (unpaired) electrons. The summed E-state index contributed by atoms with van der Waals surface area (Å²) in [6.07, 6.45) is 4.15. The van der Waals surface area contributed by atoms with Crippen molar-refractivity contribution in [2.45, 2.75) is 25.2 Å². The van der Waals surface area contributed by atoms with Crippen LogP contribution in [-0.4, -0.2) is 13.6 Å². The topological polar surface area (TPSA) is 12.0 Å². The monoisotopic (exact) mass is 189 g/mol. The number of hydrogen-bond acceptors (Lipinski definition) is 1. The lowest BCUT2D eigenvalue weighted by atomic mass is 9.91. The lowest BCUT2D eigenvalue weighted by molar-refractivity contribution is 0.541. The van der Waals surface area contributed by atoms with Crippen molar-refractivity contribution >= 4 is 0 Å². The third-order valence-corrected chi connectivity index (χ3v) is 3.12. The Kier molecular flexibility index (Phi) is 3.20. The zero-order valence-electron chi connectivity index (χ0n) is 8.87. The van der Waals surface area contributed by atoms with Crippen molar-refractivity contribution in [1.29, 1.82) is 0 Å². The van der Waals surface area contributed by atoms with Crippen molar-refractivity contribution in [3.05, 3.63) is 35.9 Å². The van der Waals surface area contributed by atoms with Crippen molar-refractivity contribution in [3.63, 3.8) is 0 Å². The minimum absolute atomic E-state index is 0.795. The normalized spacial score (nSPS) is 18.1. The van der Waals surface area contributed by atoms with Gasteiger partial charge in [0.1, 0.15) is 0 Å². The van der Waals surface area contributed by atoms with E-state index < -0.39 is 0 Å². The number of hydrogen-bond donors (Lipinski definition) is 1. The molecule has 0 heterocycles. The fourth-order valence-electron chi connectivity index (χ4n) is 2.17. The van der Waals surface area contributed by atoms with E-state index in [4.69, 9.17) is 0 Å². The molecule has 1 aliphatic carbocycles. The zero-order valence-corrected chi connectivity index (χ0v) is 8.87. The van der Waals surface area contributed by atoms with E-state index in [2.05, 4.69) is 35.6 Å². The molecule has 1 aromatic carbocycles. The molecule has 0 aromatic heterocycles. The molecule has 1 heteroatoms. The van der Waals surface area contributed by atoms with Crippen LogP contribution in [0.15, 0.2) is 30.3 Å². The molecular formula is C13H19N. The van der Waals surface area contributed by atoms with Crippen LogP contribution >= 0.6 is 0 Å². The van der Waals surface area contributed by atoms with E-state index in [9.17, 15) is 0 Å². The summed E-state index contributed by atoms with van der Waals surface area (Å²) < 4.78 is 0. The van der Waals surface area contributed by atoms with Gasteiger partial charge in [0, 0.05) is 0 Å². The van der Waals surface area contributed by atoms with Crippen LogP contribution in [0.2, 0.25) is 0 Å². The highest BCUT2D eigenvalue weighted by molar-refractivity contribution is 5.21. The summed E-state index contributed by atoms with van der Waals surface area (Å²) >= 11 is 0. The van der Waals surface area contributed by atoms with E-state index in [1.807, 2.05) is 7.05 Å². The molecule has 1 atom stereocenters. The first kappa shape index (κ1) is 9.72. The average molecular weight is 189 g/mol. The van der Waals surface area contributed by atoms with Crippen molar-refractivity contribution < 1.29 is 0 Å². The summed E-state index contributed by atoms with van der Waals surface area (Å²) in [6.45, 7) is 1.13. The first-order valence-corrected chi connectivity index (χ1v) is 5.61. The lowest BCUT2D eigenvalue weighted by Crippen LogP contribution is -2.13. The van der Waals surface area contributed by atoms with Crippen LogP contribution in [0, 0.1) is 5.92 Å². The Bertz CT molecular complexity index is 264. The highest BCUT2D eigenvalue weighted by Crippen LogP contribution is 2.44. The predicted molar refractivity (Wildman–Crippen MR) is 60.5 cm³/mol. The largest absolute Gasteiger partial charge is 0.320 e. The number of benzene rings is 1. The molecule has 1 nitrogen and oxygen atoms in total. The minimum Gasteiger partial charge on any atom is -0.320 e. The van der Waals surface area contributed by atoms with E-state index in [1.54, 1.807) is 0 Å². The van der Waals surface area contributed by atoms with Gasteiger partial charge >= 0.3 is 0 Å². The maximum atomic E-state index is 3.25. The maximum Gasteiger partial charge on any atom is -0.00460 e. The van der Waals surface area contributed by atoms with Crippen LogP contribution in [0.25, 0.3) is 0 Å². The summed E-state index contributed by atoms with van der Waals surface area (Å²) in [4.78, 5) is 0. The van der Waals surface area contributed by atoms with Gasteiger partial charge in [-0.2, -0.15) is 0 Å². The molecule has 0 spiro atoms. The van der Waals surface area contributed by atoms with Gasteiger partial charge in [-0.05, 0) is 50.3 Å². The molecule has 1 saturated carbocycles. The third-order valence-electron chi connectivity index (χ3n) is 3.12. The van der Waals surface area contributed by atoms with Crippen LogP contribution < -0.4 is 5.32 Å². The molecule has 1 fully saturated rings. The maximum absolute atomic E-state index is 3.25. The van der Waals surface area contributed by atoms with Gasteiger partial charge in [-0.15, -0.1) is 0 Å². The molecule has 2 rings (SSSR count). The summed E-state index contributed by atoms with van der Waals surface area (Å²) in [5, 5.41) is 3.25. The van der Waals surface area contributed by atoms with Crippen molar-refractivity contribution in [3.8, 4) is 0 Å². The van der Waals surface area contributed by atoms with Crippen LogP contribution in [0.3, 0.4) is 0 Å². The van der Waals surface area contributed by atoms with Crippen molar-refractivity contribution in [1.82, 2.24) is 5.32 Å². The summed E-state index contributed by atoms with van der Waals surface area (Å²) in [5.74, 6) is 1.76. The SMILES string of the molecule is CNCCC(c1ccccc1)C1CC1. The van der Waals surface area contributed by atoms with Gasteiger partial charge in [0.05, 0.1) is 0 Å². The first-order valence-electron chi connectivity index (χ1n) is 5.61. The fourth-order valence-corrected chi connectivity index (χ4v) is 2.17. The zero-order chi connectivity index (χ0) is 9.80. The van der Waals surface area contributed by atoms with Crippen molar-refractivity contribution in [2.24, 2.45) is 5.92 Å². The second kappa shape index (κ2) is 4.61. The van der Waals surface area contributed by atoms with Crippen LogP contribution in [0.5, 0.6) is 0 Å². The Morgan fingerprint density at radius 1 is 1.29 bits per heavy atom. The number of rotatable bonds is 5. The second-order valence-corrected chi connectivity index (χ2v) is 4.25. The smallest absolute Gasteiger partial charge is 0.00460 e. The van der Waals surface area contributed by atoms with E-state index >= 15 is 0 Å². The summed E-state index contributed by atoms with van der Waals surface area (Å²) in [7, 11) is 2.04. The quantitative estimate of drug-likeness (QED) is 0.751. The molecule has 0 aliphatic heterocycles. The van der Waals surface area contributed by atoms with Crippen LogP contribution in [0.1, 0.15) is 30.7 Å². The fraction of sp³-hybridized carbons (Fsp3) is 0.538. The summed E-state index contributed by atoms with van der Waals surface area (Å²) in [5.41, 5.74) is 1.53. The first-order chi connectivity index (χ1) is 6.92. The Balaban J connectivity index is 2.02. The average Bonchev–Trinajstić information content (AvgIpc) is 3.04. The van der Waals surface area contributed by atoms with Crippen LogP contribution in [0.4, 0.5) is 0 Å². The van der Waals surface area contributed by atoms with Gasteiger partial charge in [0.2, 0.25) is 0 Å². The molecule has 1 aliphatic rings. The third kappa shape index (κ3) is 2.36. The molecule has 14 heavy (non-hydrogen) atoms. The lowest BCUT2D eigenvalue weighted by Gasteiger charge is -2.16. The molecule has 76 valence electrons. The molecule has 1 unspecified atom stereocenters.